The Morgan fingerprint density at radius 3 is 2.36 bits per heavy atom. The van der Waals surface area contributed by atoms with Crippen LogP contribution in [0.1, 0.15) is 17.5 Å². The fraction of sp³-hybridized carbons (Fsp3) is 0.333. The van der Waals surface area contributed by atoms with Crippen LogP contribution >= 0.6 is 0 Å². The third-order valence-corrected chi connectivity index (χ3v) is 3.78. The van der Waals surface area contributed by atoms with Crippen molar-refractivity contribution in [3.05, 3.63) is 65.7 Å². The van der Waals surface area contributed by atoms with Crippen molar-refractivity contribution in [1.29, 1.82) is 0 Å². The van der Waals surface area contributed by atoms with Crippen LogP contribution in [-0.2, 0) is 16.9 Å². The highest BCUT2D eigenvalue weighted by atomic mass is 16.5. The van der Waals surface area contributed by atoms with Gasteiger partial charge in [0.15, 0.2) is 0 Å². The Kier molecular flexibility index (Phi) is 5.95. The predicted octanol–water partition coefficient (Wildman–Crippen LogP) is 2.63. The van der Waals surface area contributed by atoms with Gasteiger partial charge in [-0.2, -0.15) is 0 Å². The van der Waals surface area contributed by atoms with Gasteiger partial charge in [-0.25, -0.2) is 0 Å². The Balaban J connectivity index is 2.16. The SMILES string of the molecule is COCC[C@@](N)(NCc1ccccc1OC)c1ccccc1. The van der Waals surface area contributed by atoms with E-state index in [-0.39, 0.29) is 0 Å². The fourth-order valence-corrected chi connectivity index (χ4v) is 2.44. The summed E-state index contributed by atoms with van der Waals surface area (Å²) in [6, 6.07) is 18.0. The molecule has 0 radical (unpaired) electrons. The Labute approximate surface area is 132 Å². The molecule has 3 N–H and O–H groups in total. The van der Waals surface area contributed by atoms with Gasteiger partial charge >= 0.3 is 0 Å². The summed E-state index contributed by atoms with van der Waals surface area (Å²) >= 11 is 0. The zero-order valence-electron chi connectivity index (χ0n) is 13.2. The first kappa shape index (κ1) is 16.5. The van der Waals surface area contributed by atoms with E-state index in [1.165, 1.54) is 0 Å². The zero-order chi connectivity index (χ0) is 15.8. The van der Waals surface area contributed by atoms with Crippen molar-refractivity contribution < 1.29 is 9.47 Å². The van der Waals surface area contributed by atoms with Crippen LogP contribution in [0.15, 0.2) is 54.6 Å². The minimum absolute atomic E-state index is 0.588. The van der Waals surface area contributed by atoms with Crippen molar-refractivity contribution in [2.45, 2.75) is 18.6 Å². The highest BCUT2D eigenvalue weighted by molar-refractivity contribution is 5.33. The van der Waals surface area contributed by atoms with E-state index < -0.39 is 5.66 Å². The first-order valence-electron chi connectivity index (χ1n) is 7.40. The standard InChI is InChI=1S/C18H24N2O2/c1-21-13-12-18(19,16-9-4-3-5-10-16)20-14-15-8-6-7-11-17(15)22-2/h3-11,20H,12-14,19H2,1-2H3/t18-/m1/s1. The minimum Gasteiger partial charge on any atom is -0.496 e. The van der Waals surface area contributed by atoms with E-state index in [4.69, 9.17) is 15.2 Å². The van der Waals surface area contributed by atoms with Crippen LogP contribution in [-0.4, -0.2) is 20.8 Å². The summed E-state index contributed by atoms with van der Waals surface area (Å²) in [5, 5.41) is 3.46. The van der Waals surface area contributed by atoms with Crippen molar-refractivity contribution in [2.75, 3.05) is 20.8 Å². The first-order valence-corrected chi connectivity index (χ1v) is 7.40. The molecule has 0 aromatic heterocycles. The molecule has 4 heteroatoms. The van der Waals surface area contributed by atoms with Crippen LogP contribution in [0.4, 0.5) is 0 Å². The number of ether oxygens (including phenoxy) is 2. The highest BCUT2D eigenvalue weighted by Gasteiger charge is 2.26. The molecule has 0 amide bonds. The summed E-state index contributed by atoms with van der Waals surface area (Å²) in [6.07, 6.45) is 0.683. The molecule has 22 heavy (non-hydrogen) atoms. The fourth-order valence-electron chi connectivity index (χ4n) is 2.44. The smallest absolute Gasteiger partial charge is 0.123 e. The third-order valence-electron chi connectivity index (χ3n) is 3.78. The summed E-state index contributed by atoms with van der Waals surface area (Å²) in [5.74, 6) is 0.858. The van der Waals surface area contributed by atoms with Gasteiger partial charge in [0.1, 0.15) is 5.75 Å². The third kappa shape index (κ3) is 4.07. The van der Waals surface area contributed by atoms with Crippen LogP contribution in [0.3, 0.4) is 0 Å². The lowest BCUT2D eigenvalue weighted by molar-refractivity contribution is 0.154. The Bertz CT molecular complexity index is 574. The van der Waals surface area contributed by atoms with E-state index in [9.17, 15) is 0 Å². The second-order valence-electron chi connectivity index (χ2n) is 5.25. The summed E-state index contributed by atoms with van der Waals surface area (Å²) in [4.78, 5) is 0. The average molecular weight is 300 g/mol. The molecule has 0 bridgehead atoms. The summed E-state index contributed by atoms with van der Waals surface area (Å²) in [7, 11) is 3.36. The molecule has 0 heterocycles. The molecule has 2 aromatic rings. The molecular formula is C18H24N2O2. The van der Waals surface area contributed by atoms with Crippen LogP contribution in [0.2, 0.25) is 0 Å². The number of nitrogens with one attached hydrogen (secondary N) is 1. The van der Waals surface area contributed by atoms with Crippen molar-refractivity contribution in [3.63, 3.8) is 0 Å². The number of nitrogens with two attached hydrogens (primary N) is 1. The Hall–Kier alpha value is -1.88. The van der Waals surface area contributed by atoms with Crippen LogP contribution < -0.4 is 15.8 Å². The number of rotatable bonds is 8. The topological polar surface area (TPSA) is 56.5 Å². The van der Waals surface area contributed by atoms with Gasteiger partial charge in [0.05, 0.1) is 12.8 Å². The Morgan fingerprint density at radius 1 is 1.00 bits per heavy atom. The summed E-state index contributed by atoms with van der Waals surface area (Å²) in [5.41, 5.74) is 8.09. The normalized spacial score (nSPS) is 13.6. The maximum absolute atomic E-state index is 6.61. The van der Waals surface area contributed by atoms with E-state index in [1.807, 2.05) is 54.6 Å². The van der Waals surface area contributed by atoms with Crippen molar-refractivity contribution in [1.82, 2.24) is 5.32 Å². The minimum atomic E-state index is -0.641. The van der Waals surface area contributed by atoms with Gasteiger partial charge in [-0.3, -0.25) is 5.32 Å². The monoisotopic (exact) mass is 300 g/mol. The molecule has 1 atom stereocenters. The maximum Gasteiger partial charge on any atom is 0.123 e. The molecule has 2 aromatic carbocycles. The van der Waals surface area contributed by atoms with Gasteiger partial charge in [-0.15, -0.1) is 0 Å². The second-order valence-corrected chi connectivity index (χ2v) is 5.25. The van der Waals surface area contributed by atoms with Crippen LogP contribution in [0.5, 0.6) is 5.75 Å². The van der Waals surface area contributed by atoms with E-state index in [0.29, 0.717) is 19.6 Å². The Morgan fingerprint density at radius 2 is 1.68 bits per heavy atom. The summed E-state index contributed by atoms with van der Waals surface area (Å²) < 4.78 is 10.6. The largest absolute Gasteiger partial charge is 0.496 e. The molecule has 4 nitrogen and oxygen atoms in total. The molecular weight excluding hydrogens is 276 g/mol. The molecule has 0 aliphatic rings. The molecule has 0 aliphatic heterocycles. The second kappa shape index (κ2) is 7.94. The van der Waals surface area contributed by atoms with Crippen molar-refractivity contribution in [2.24, 2.45) is 5.73 Å². The highest BCUT2D eigenvalue weighted by Crippen LogP contribution is 2.22. The van der Waals surface area contributed by atoms with Gasteiger partial charge in [0, 0.05) is 32.2 Å². The van der Waals surface area contributed by atoms with Gasteiger partial charge in [-0.1, -0.05) is 48.5 Å². The van der Waals surface area contributed by atoms with Crippen molar-refractivity contribution in [3.8, 4) is 5.75 Å². The lowest BCUT2D eigenvalue weighted by Crippen LogP contribution is -2.50. The average Bonchev–Trinajstić information content (AvgIpc) is 2.59. The molecule has 118 valence electrons. The number of hydrogen-bond donors (Lipinski definition) is 2. The lowest BCUT2D eigenvalue weighted by atomic mass is 9.96. The van der Waals surface area contributed by atoms with E-state index in [1.54, 1.807) is 14.2 Å². The first-order chi connectivity index (χ1) is 10.7. The van der Waals surface area contributed by atoms with Gasteiger partial charge in [0.25, 0.3) is 0 Å². The maximum atomic E-state index is 6.61. The number of methoxy groups -OCH3 is 2. The molecule has 0 aliphatic carbocycles. The van der Waals surface area contributed by atoms with Gasteiger partial charge in [0.2, 0.25) is 0 Å². The quantitative estimate of drug-likeness (QED) is 0.736. The van der Waals surface area contributed by atoms with Crippen LogP contribution in [0, 0.1) is 0 Å². The van der Waals surface area contributed by atoms with Crippen LogP contribution in [0.25, 0.3) is 0 Å². The van der Waals surface area contributed by atoms with Gasteiger partial charge < -0.3 is 15.2 Å². The van der Waals surface area contributed by atoms with Gasteiger partial charge in [-0.05, 0) is 11.6 Å². The number of benzene rings is 2. The predicted molar refractivity (Wildman–Crippen MR) is 88.6 cm³/mol. The van der Waals surface area contributed by atoms with Crippen molar-refractivity contribution >= 4 is 0 Å². The molecule has 2 rings (SSSR count). The molecule has 0 saturated carbocycles. The molecule has 0 fully saturated rings. The summed E-state index contributed by atoms with van der Waals surface area (Å²) in [6.45, 7) is 1.21. The lowest BCUT2D eigenvalue weighted by Gasteiger charge is -2.31. The number of para-hydroxylation sites is 1. The number of hydrogen-bond acceptors (Lipinski definition) is 4. The van der Waals surface area contributed by atoms with E-state index >= 15 is 0 Å². The molecule has 0 spiro atoms. The zero-order valence-corrected chi connectivity index (χ0v) is 13.2. The van der Waals surface area contributed by atoms with E-state index in [2.05, 4.69) is 5.32 Å². The molecule has 0 unspecified atom stereocenters. The molecule has 0 saturated heterocycles. The van der Waals surface area contributed by atoms with E-state index in [0.717, 1.165) is 16.9 Å².